The van der Waals surface area contributed by atoms with Gasteiger partial charge in [-0.15, -0.1) is 0 Å². The first-order chi connectivity index (χ1) is 13.4. The maximum absolute atomic E-state index is 6.29. The van der Waals surface area contributed by atoms with Gasteiger partial charge in [-0.3, -0.25) is 0 Å². The molecule has 6 aliphatic rings. The van der Waals surface area contributed by atoms with E-state index in [1.54, 1.807) is 5.57 Å². The lowest BCUT2D eigenvalue weighted by Gasteiger charge is -2.60. The Labute approximate surface area is 168 Å². The zero-order valence-corrected chi connectivity index (χ0v) is 17.4. The molecule has 0 unspecified atom stereocenters. The molecule has 0 aromatic rings. The molecule has 28 heavy (non-hydrogen) atoms. The fourth-order valence-corrected chi connectivity index (χ4v) is 8.33. The van der Waals surface area contributed by atoms with Crippen molar-refractivity contribution in [2.24, 2.45) is 28.6 Å². The molecule has 6 rings (SSSR count). The zero-order chi connectivity index (χ0) is 19.2. The van der Waals surface area contributed by atoms with E-state index in [1.807, 2.05) is 0 Å². The Hall–Kier alpha value is -0.680. The van der Waals surface area contributed by atoms with Crippen LogP contribution in [-0.2, 0) is 18.9 Å². The molecule has 4 heteroatoms. The van der Waals surface area contributed by atoms with Crippen LogP contribution in [0.2, 0.25) is 0 Å². The second kappa shape index (κ2) is 5.72. The molecule has 3 saturated carbocycles. The highest BCUT2D eigenvalue weighted by Gasteiger charge is 2.68. The van der Waals surface area contributed by atoms with E-state index in [0.29, 0.717) is 17.8 Å². The van der Waals surface area contributed by atoms with Gasteiger partial charge < -0.3 is 18.9 Å². The minimum Gasteiger partial charge on any atom is -0.347 e. The largest absolute Gasteiger partial charge is 0.347 e. The normalized spacial score (nSPS) is 48.4. The summed E-state index contributed by atoms with van der Waals surface area (Å²) in [5.74, 6) is 1.18. The predicted molar refractivity (Wildman–Crippen MR) is 105 cm³/mol. The minimum absolute atomic E-state index is 0.0665. The summed E-state index contributed by atoms with van der Waals surface area (Å²) in [7, 11) is 0. The highest BCUT2D eigenvalue weighted by molar-refractivity contribution is 5.33. The van der Waals surface area contributed by atoms with Crippen LogP contribution in [0.5, 0.6) is 0 Å². The first-order valence-electron chi connectivity index (χ1n) is 11.3. The number of allylic oxidation sites excluding steroid dienone is 2. The van der Waals surface area contributed by atoms with Crippen molar-refractivity contribution >= 4 is 0 Å². The Bertz CT molecular complexity index is 729. The van der Waals surface area contributed by atoms with Gasteiger partial charge in [-0.1, -0.05) is 37.6 Å². The third kappa shape index (κ3) is 2.11. The van der Waals surface area contributed by atoms with Gasteiger partial charge in [0.25, 0.3) is 0 Å². The highest BCUT2D eigenvalue weighted by Crippen LogP contribution is 2.70. The number of rotatable bonds is 0. The summed E-state index contributed by atoms with van der Waals surface area (Å²) in [5.41, 5.74) is 3.26. The average Bonchev–Trinajstić information content (AvgIpc) is 3.38. The second-order valence-corrected chi connectivity index (χ2v) is 10.7. The van der Waals surface area contributed by atoms with Crippen LogP contribution in [0.25, 0.3) is 0 Å². The first-order valence-corrected chi connectivity index (χ1v) is 11.3. The van der Waals surface area contributed by atoms with Crippen molar-refractivity contribution in [3.63, 3.8) is 0 Å². The van der Waals surface area contributed by atoms with Crippen molar-refractivity contribution in [1.82, 2.24) is 0 Å². The fraction of sp³-hybridized carbons (Fsp3) is 0.833. The maximum Gasteiger partial charge on any atom is 0.174 e. The van der Waals surface area contributed by atoms with E-state index < -0.39 is 0 Å². The first kappa shape index (κ1) is 18.1. The maximum atomic E-state index is 6.29. The number of fused-ring (bicyclic) bond motifs is 6. The Kier molecular flexibility index (Phi) is 3.70. The predicted octanol–water partition coefficient (Wildman–Crippen LogP) is 4.60. The van der Waals surface area contributed by atoms with Crippen LogP contribution >= 0.6 is 0 Å². The molecule has 154 valence electrons. The van der Waals surface area contributed by atoms with Gasteiger partial charge in [0, 0.05) is 24.7 Å². The number of hydrogen-bond donors (Lipinski definition) is 0. The molecule has 5 atom stereocenters. The average molecular weight is 387 g/mol. The van der Waals surface area contributed by atoms with Crippen molar-refractivity contribution in [3.8, 4) is 0 Å². The third-order valence-corrected chi connectivity index (χ3v) is 9.56. The van der Waals surface area contributed by atoms with E-state index >= 15 is 0 Å². The van der Waals surface area contributed by atoms with Crippen LogP contribution in [0.1, 0.15) is 58.8 Å². The Morgan fingerprint density at radius 3 is 2.39 bits per heavy atom. The van der Waals surface area contributed by atoms with Crippen molar-refractivity contribution in [2.45, 2.75) is 70.4 Å². The Morgan fingerprint density at radius 2 is 1.64 bits per heavy atom. The van der Waals surface area contributed by atoms with Gasteiger partial charge in [0.15, 0.2) is 11.6 Å². The quantitative estimate of drug-likeness (QED) is 0.570. The van der Waals surface area contributed by atoms with Crippen LogP contribution in [-0.4, -0.2) is 38.0 Å². The number of hydrogen-bond acceptors (Lipinski definition) is 4. The summed E-state index contributed by atoms with van der Waals surface area (Å²) in [6.07, 6.45) is 10.1. The SMILES string of the molecule is C=C1C[C@@]2(C)[C@@H](CCC23OCCO3)[C@@H]2CC=C3CC4(CC[C@]3(C)[C@@H]12)OCCO4. The Balaban J connectivity index is 1.36. The minimum atomic E-state index is -0.362. The van der Waals surface area contributed by atoms with Crippen LogP contribution in [0.4, 0.5) is 0 Å². The summed E-state index contributed by atoms with van der Waals surface area (Å²) in [5, 5.41) is 0. The van der Waals surface area contributed by atoms with Gasteiger partial charge in [-0.25, -0.2) is 0 Å². The van der Waals surface area contributed by atoms with E-state index in [4.69, 9.17) is 18.9 Å². The summed E-state index contributed by atoms with van der Waals surface area (Å²) in [4.78, 5) is 0. The van der Waals surface area contributed by atoms with E-state index in [1.165, 1.54) is 12.0 Å². The van der Waals surface area contributed by atoms with Crippen molar-refractivity contribution < 1.29 is 18.9 Å². The zero-order valence-electron chi connectivity index (χ0n) is 17.4. The molecular formula is C24H34O4. The van der Waals surface area contributed by atoms with E-state index in [9.17, 15) is 0 Å². The van der Waals surface area contributed by atoms with Gasteiger partial charge in [0.05, 0.1) is 26.4 Å². The van der Waals surface area contributed by atoms with Crippen LogP contribution in [0, 0.1) is 28.6 Å². The van der Waals surface area contributed by atoms with Crippen LogP contribution < -0.4 is 0 Å². The molecule has 4 nitrogen and oxygen atoms in total. The molecule has 0 amide bonds. The summed E-state index contributed by atoms with van der Waals surface area (Å²) in [6, 6.07) is 0. The molecule has 4 aliphatic carbocycles. The van der Waals surface area contributed by atoms with Gasteiger partial charge in [-0.05, 0) is 48.9 Å². The van der Waals surface area contributed by atoms with Gasteiger partial charge >= 0.3 is 0 Å². The van der Waals surface area contributed by atoms with Crippen molar-refractivity contribution in [1.29, 1.82) is 0 Å². The van der Waals surface area contributed by atoms with Crippen LogP contribution in [0.15, 0.2) is 23.8 Å². The molecule has 2 heterocycles. The molecule has 2 aliphatic heterocycles. The molecule has 0 N–H and O–H groups in total. The molecular weight excluding hydrogens is 352 g/mol. The second-order valence-electron chi connectivity index (χ2n) is 10.7. The van der Waals surface area contributed by atoms with E-state index in [0.717, 1.165) is 65.0 Å². The summed E-state index contributed by atoms with van der Waals surface area (Å²) >= 11 is 0. The lowest BCUT2D eigenvalue weighted by molar-refractivity contribution is -0.236. The Morgan fingerprint density at radius 1 is 0.929 bits per heavy atom. The highest BCUT2D eigenvalue weighted by atomic mass is 16.7. The molecule has 0 radical (unpaired) electrons. The van der Waals surface area contributed by atoms with Gasteiger partial charge in [0.1, 0.15) is 0 Å². The van der Waals surface area contributed by atoms with E-state index in [-0.39, 0.29) is 22.4 Å². The number of ether oxygens (including phenoxy) is 4. The molecule has 0 aromatic heterocycles. The molecule has 2 saturated heterocycles. The lowest BCUT2D eigenvalue weighted by atomic mass is 9.46. The third-order valence-electron chi connectivity index (χ3n) is 9.56. The molecule has 2 spiro atoms. The summed E-state index contributed by atoms with van der Waals surface area (Å²) in [6.45, 7) is 12.6. The molecule has 0 bridgehead atoms. The topological polar surface area (TPSA) is 36.9 Å². The monoisotopic (exact) mass is 386 g/mol. The van der Waals surface area contributed by atoms with Gasteiger partial charge in [-0.2, -0.15) is 0 Å². The lowest BCUT2D eigenvalue weighted by Crippen LogP contribution is -2.56. The fourth-order valence-electron chi connectivity index (χ4n) is 8.33. The smallest absolute Gasteiger partial charge is 0.174 e. The standard InChI is InChI=1S/C24H34O4/c1-16-14-22(3)19(6-7-24(22)27-12-13-28-24)18-5-4-17-15-23(25-10-11-26-23)9-8-21(17,2)20(16)18/h4,18-20H,1,5-15H2,2-3H3/t18-,19-,20-,21-,22-/m0/s1. The van der Waals surface area contributed by atoms with E-state index in [2.05, 4.69) is 26.5 Å². The van der Waals surface area contributed by atoms with Crippen LogP contribution in [0.3, 0.4) is 0 Å². The molecule has 0 aromatic carbocycles. The molecule has 5 fully saturated rings. The van der Waals surface area contributed by atoms with Gasteiger partial charge in [0.2, 0.25) is 0 Å². The summed E-state index contributed by atoms with van der Waals surface area (Å²) < 4.78 is 24.7. The van der Waals surface area contributed by atoms with Crippen molar-refractivity contribution in [2.75, 3.05) is 26.4 Å². The van der Waals surface area contributed by atoms with Crippen molar-refractivity contribution in [3.05, 3.63) is 23.8 Å².